The highest BCUT2D eigenvalue weighted by atomic mass is 35.5. The zero-order valence-electron chi connectivity index (χ0n) is 24.0. The van der Waals surface area contributed by atoms with Crippen molar-refractivity contribution in [2.45, 2.75) is 35.1 Å². The van der Waals surface area contributed by atoms with Gasteiger partial charge in [0.2, 0.25) is 11.8 Å². The van der Waals surface area contributed by atoms with E-state index in [2.05, 4.69) is 0 Å². The Morgan fingerprint density at radius 1 is 0.933 bits per heavy atom. The molecule has 230 valence electrons. The van der Waals surface area contributed by atoms with Gasteiger partial charge in [-0.2, -0.15) is 0 Å². The number of aromatic hydroxyl groups is 1. The van der Waals surface area contributed by atoms with Crippen LogP contribution in [0.15, 0.2) is 84.4 Å². The lowest BCUT2D eigenvalue weighted by Crippen LogP contribution is -2.60. The lowest BCUT2D eigenvalue weighted by atomic mass is 9.56. The number of phenols is 1. The van der Waals surface area contributed by atoms with E-state index in [1.165, 1.54) is 30.2 Å². The third-order valence-corrected chi connectivity index (χ3v) is 11.1. The Balaban J connectivity index is 1.38. The van der Waals surface area contributed by atoms with Crippen LogP contribution in [-0.2, 0) is 25.7 Å². The molecule has 45 heavy (non-hydrogen) atoms. The summed E-state index contributed by atoms with van der Waals surface area (Å²) in [7, 11) is 1.44. The van der Waals surface area contributed by atoms with Gasteiger partial charge in [-0.3, -0.25) is 24.1 Å². The Hall–Kier alpha value is -4.21. The lowest BCUT2D eigenvalue weighted by Gasteiger charge is -2.50. The number of imide groups is 2. The number of halogens is 3. The van der Waals surface area contributed by atoms with Crippen molar-refractivity contribution in [2.24, 2.45) is 17.8 Å². The highest BCUT2D eigenvalue weighted by Crippen LogP contribution is 2.66. The number of rotatable bonds is 5. The van der Waals surface area contributed by atoms with Crippen LogP contribution < -0.4 is 9.64 Å². The maximum atomic E-state index is 14.4. The predicted octanol–water partition coefficient (Wildman–Crippen LogP) is 5.30. The molecule has 4 aliphatic rings. The molecule has 3 aromatic carbocycles. The highest BCUT2D eigenvalue weighted by Gasteiger charge is 2.76. The standard InChI is InChI=1S/C34H27Cl2FN2O6/c1-45-21-11-12-23(26(40)15-21)28-22-13-14-24-27(30(42)38(29(24)41)17-18-5-3-2-4-6-18)25(22)16-33(35)31(43)39(32(44)34(28,33)36)20-9-7-19(37)8-10-20/h2-13,15,24-25,27-28,40H,14,16-17H2,1H3. The van der Waals surface area contributed by atoms with Crippen LogP contribution in [0.25, 0.3) is 0 Å². The first-order valence-corrected chi connectivity index (χ1v) is 15.2. The van der Waals surface area contributed by atoms with Crippen LogP contribution in [0.3, 0.4) is 0 Å². The molecular formula is C34H27Cl2FN2O6. The molecular weight excluding hydrogens is 622 g/mol. The zero-order chi connectivity index (χ0) is 31.8. The van der Waals surface area contributed by atoms with Crippen LogP contribution in [0, 0.1) is 23.6 Å². The fraction of sp³-hybridized carbons (Fsp3) is 0.294. The minimum atomic E-state index is -2.14. The molecule has 1 N–H and O–H groups in total. The molecule has 2 aliphatic carbocycles. The number of allylic oxidation sites excluding steroid dienone is 2. The van der Waals surface area contributed by atoms with Crippen molar-refractivity contribution in [3.05, 3.63) is 101 Å². The molecule has 6 unspecified atom stereocenters. The number of nitrogens with zero attached hydrogens (tertiary/aromatic N) is 2. The number of hydrogen-bond donors (Lipinski definition) is 1. The SMILES string of the molecule is COc1ccc(C2C3=CCC4C(=O)N(Cc5ccccc5)C(=O)C4C3CC3(Cl)C(=O)N(c4ccc(F)cc4)C(=O)C23Cl)c(O)c1. The summed E-state index contributed by atoms with van der Waals surface area (Å²) in [6, 6.07) is 18.5. The van der Waals surface area contributed by atoms with Gasteiger partial charge in [-0.05, 0) is 54.7 Å². The van der Waals surface area contributed by atoms with Gasteiger partial charge in [0.15, 0.2) is 9.75 Å². The first kappa shape index (κ1) is 29.5. The van der Waals surface area contributed by atoms with Crippen LogP contribution >= 0.6 is 23.2 Å². The summed E-state index contributed by atoms with van der Waals surface area (Å²) in [4.78, 5) is 54.3. The van der Waals surface area contributed by atoms with Crippen LogP contribution in [0.2, 0.25) is 0 Å². The number of fused-ring (bicyclic) bond motifs is 4. The van der Waals surface area contributed by atoms with E-state index < -0.39 is 57.0 Å². The number of amides is 4. The third-order valence-electron chi connectivity index (χ3n) is 9.72. The molecule has 2 heterocycles. The number of benzene rings is 3. The largest absolute Gasteiger partial charge is 0.508 e. The summed E-state index contributed by atoms with van der Waals surface area (Å²) in [6.45, 7) is 0.0947. The van der Waals surface area contributed by atoms with Crippen LogP contribution in [0.4, 0.5) is 10.1 Å². The summed E-state index contributed by atoms with van der Waals surface area (Å²) < 4.78 is 19.1. The second kappa shape index (κ2) is 10.4. The van der Waals surface area contributed by atoms with E-state index >= 15 is 0 Å². The molecule has 4 amide bonds. The predicted molar refractivity (Wildman–Crippen MR) is 163 cm³/mol. The highest BCUT2D eigenvalue weighted by molar-refractivity contribution is 6.58. The number of likely N-dealkylation sites (tertiary alicyclic amines) is 1. The van der Waals surface area contributed by atoms with E-state index in [0.29, 0.717) is 11.3 Å². The molecule has 2 saturated heterocycles. The summed E-state index contributed by atoms with van der Waals surface area (Å²) >= 11 is 14.7. The number of alkyl halides is 2. The second-order valence-electron chi connectivity index (χ2n) is 11.9. The van der Waals surface area contributed by atoms with Gasteiger partial charge in [-0.1, -0.05) is 48.0 Å². The first-order valence-electron chi connectivity index (χ1n) is 14.5. The van der Waals surface area contributed by atoms with E-state index in [9.17, 15) is 28.7 Å². The molecule has 3 fully saturated rings. The molecule has 2 aliphatic heterocycles. The van der Waals surface area contributed by atoms with Crippen molar-refractivity contribution >= 4 is 52.5 Å². The van der Waals surface area contributed by atoms with Crippen molar-refractivity contribution < 1.29 is 33.4 Å². The van der Waals surface area contributed by atoms with Crippen LogP contribution in [0.5, 0.6) is 11.5 Å². The van der Waals surface area contributed by atoms with Gasteiger partial charge >= 0.3 is 0 Å². The van der Waals surface area contributed by atoms with Gasteiger partial charge in [0.25, 0.3) is 11.8 Å². The van der Waals surface area contributed by atoms with Crippen LogP contribution in [0.1, 0.15) is 29.9 Å². The van der Waals surface area contributed by atoms with E-state index in [-0.39, 0.29) is 42.3 Å². The third kappa shape index (κ3) is 4.10. The maximum Gasteiger partial charge on any atom is 0.258 e. The van der Waals surface area contributed by atoms with E-state index in [4.69, 9.17) is 27.9 Å². The van der Waals surface area contributed by atoms with E-state index in [1.807, 2.05) is 30.3 Å². The number of methoxy groups -OCH3 is 1. The van der Waals surface area contributed by atoms with Gasteiger partial charge in [0.1, 0.15) is 17.3 Å². The molecule has 3 aromatic rings. The summed E-state index contributed by atoms with van der Waals surface area (Å²) in [5.74, 6) is -6.30. The van der Waals surface area contributed by atoms with Crippen molar-refractivity contribution in [3.63, 3.8) is 0 Å². The number of hydrogen-bond acceptors (Lipinski definition) is 6. The van der Waals surface area contributed by atoms with Crippen molar-refractivity contribution in [3.8, 4) is 11.5 Å². The number of carbonyl (C=O) groups is 4. The van der Waals surface area contributed by atoms with Gasteiger partial charge in [0, 0.05) is 17.5 Å². The summed E-state index contributed by atoms with van der Waals surface area (Å²) in [6.07, 6.45) is 1.79. The minimum absolute atomic E-state index is 0.0783. The molecule has 0 aromatic heterocycles. The molecule has 7 rings (SSSR count). The Kier molecular flexibility index (Phi) is 6.83. The number of ether oxygens (including phenoxy) is 1. The van der Waals surface area contributed by atoms with Crippen LogP contribution in [-0.4, -0.2) is 50.5 Å². The quantitative estimate of drug-likeness (QED) is 0.229. The second-order valence-corrected chi connectivity index (χ2v) is 13.2. The number of anilines is 1. The topological polar surface area (TPSA) is 104 Å². The first-order chi connectivity index (χ1) is 21.5. The molecule has 0 bridgehead atoms. The fourth-order valence-electron chi connectivity index (χ4n) is 7.63. The van der Waals surface area contributed by atoms with Gasteiger partial charge < -0.3 is 9.84 Å². The minimum Gasteiger partial charge on any atom is -0.508 e. The van der Waals surface area contributed by atoms with Crippen molar-refractivity contribution in [1.82, 2.24) is 4.90 Å². The molecule has 6 atom stereocenters. The van der Waals surface area contributed by atoms with Gasteiger partial charge in [-0.15, -0.1) is 23.2 Å². The monoisotopic (exact) mass is 648 g/mol. The zero-order valence-corrected chi connectivity index (χ0v) is 25.5. The molecule has 8 nitrogen and oxygen atoms in total. The number of phenolic OH excluding ortho intramolecular Hbond substituents is 1. The molecule has 11 heteroatoms. The molecule has 0 spiro atoms. The average molecular weight is 650 g/mol. The Labute approximate surface area is 268 Å². The van der Waals surface area contributed by atoms with Crippen molar-refractivity contribution in [1.29, 1.82) is 0 Å². The Morgan fingerprint density at radius 3 is 2.31 bits per heavy atom. The summed E-state index contributed by atoms with van der Waals surface area (Å²) in [5, 5.41) is 11.2. The average Bonchev–Trinajstić information content (AvgIpc) is 3.36. The van der Waals surface area contributed by atoms with Gasteiger partial charge in [-0.25, -0.2) is 9.29 Å². The molecule has 1 saturated carbocycles. The normalized spacial score (nSPS) is 30.6. The Morgan fingerprint density at radius 2 is 1.64 bits per heavy atom. The van der Waals surface area contributed by atoms with Gasteiger partial charge in [0.05, 0.1) is 31.2 Å². The smallest absolute Gasteiger partial charge is 0.258 e. The number of carbonyl (C=O) groups excluding carboxylic acids is 4. The molecule has 0 radical (unpaired) electrons. The van der Waals surface area contributed by atoms with E-state index in [0.717, 1.165) is 22.6 Å². The maximum absolute atomic E-state index is 14.4. The van der Waals surface area contributed by atoms with Crippen molar-refractivity contribution in [2.75, 3.05) is 12.0 Å². The lowest BCUT2D eigenvalue weighted by molar-refractivity contribution is -0.141. The fourth-order valence-corrected chi connectivity index (χ4v) is 8.55. The van der Waals surface area contributed by atoms with E-state index in [1.54, 1.807) is 18.2 Å². The Bertz CT molecular complexity index is 1800. The summed E-state index contributed by atoms with van der Waals surface area (Å²) in [5.41, 5.74) is 1.63.